The Kier molecular flexibility index (Phi) is 6.72. The van der Waals surface area contributed by atoms with Crippen LogP contribution in [0.5, 0.6) is 0 Å². The van der Waals surface area contributed by atoms with Gasteiger partial charge >= 0.3 is 0 Å². The molecule has 8 heteroatoms. The summed E-state index contributed by atoms with van der Waals surface area (Å²) in [5.41, 5.74) is 2.97. The molecule has 0 fully saturated rings. The fourth-order valence-electron chi connectivity index (χ4n) is 5.08. The normalized spacial score (nSPS) is 21.5. The van der Waals surface area contributed by atoms with E-state index in [1.807, 2.05) is 19.9 Å². The van der Waals surface area contributed by atoms with Gasteiger partial charge in [0.15, 0.2) is 22.9 Å². The molecule has 0 N–H and O–H groups in total. The molecule has 1 aromatic rings. The number of benzene rings is 1. The molecule has 194 valence electrons. The van der Waals surface area contributed by atoms with Crippen molar-refractivity contribution in [3.05, 3.63) is 63.9 Å². The van der Waals surface area contributed by atoms with Gasteiger partial charge in [0.05, 0.1) is 9.49 Å². The lowest BCUT2D eigenvalue weighted by Gasteiger charge is -2.37. The van der Waals surface area contributed by atoms with Crippen molar-refractivity contribution in [1.82, 2.24) is 0 Å². The molecule has 1 aromatic carbocycles. The minimum absolute atomic E-state index is 0.0887. The highest BCUT2D eigenvalue weighted by atomic mass is 32.2. The third-order valence-corrected chi connectivity index (χ3v) is 9.04. The van der Waals surface area contributed by atoms with E-state index < -0.39 is 49.3 Å². The molecule has 0 aliphatic heterocycles. The second kappa shape index (κ2) is 8.99. The maximum absolute atomic E-state index is 13.7. The van der Waals surface area contributed by atoms with Gasteiger partial charge in [0.2, 0.25) is 22.6 Å². The van der Waals surface area contributed by atoms with Crippen LogP contribution < -0.4 is 0 Å². The monoisotopic (exact) mass is 530 g/mol. The van der Waals surface area contributed by atoms with Gasteiger partial charge in [0, 0.05) is 27.8 Å². The van der Waals surface area contributed by atoms with E-state index in [0.717, 1.165) is 0 Å². The summed E-state index contributed by atoms with van der Waals surface area (Å²) in [5, 5.41) is 0. The molecule has 3 aliphatic carbocycles. The Morgan fingerprint density at radius 2 is 1.61 bits per heavy atom. The van der Waals surface area contributed by atoms with Gasteiger partial charge in [-0.3, -0.25) is 13.8 Å². The lowest BCUT2D eigenvalue weighted by molar-refractivity contribution is -0.111. The Morgan fingerprint density at radius 1 is 0.944 bits per heavy atom. The van der Waals surface area contributed by atoms with Crippen LogP contribution in [0.25, 0.3) is 5.57 Å². The van der Waals surface area contributed by atoms with Crippen molar-refractivity contribution >= 4 is 39.3 Å². The van der Waals surface area contributed by atoms with E-state index >= 15 is 0 Å². The molecule has 0 saturated heterocycles. The number of Topliss-reactive ketones (excluding diaryl/α,β-unsaturated/α-hetero) is 2. The predicted molar refractivity (Wildman–Crippen MR) is 143 cm³/mol. The molecule has 0 bridgehead atoms. The summed E-state index contributed by atoms with van der Waals surface area (Å²) in [6, 6.07) is 5.11. The second-order valence-corrected chi connectivity index (χ2v) is 15.9. The number of ketones is 2. The van der Waals surface area contributed by atoms with Crippen LogP contribution in [0.1, 0.15) is 95.8 Å². The van der Waals surface area contributed by atoms with E-state index in [1.54, 1.807) is 45.0 Å². The molecule has 0 amide bonds. The highest BCUT2D eigenvalue weighted by Gasteiger charge is 2.45. The van der Waals surface area contributed by atoms with E-state index in [2.05, 4.69) is 20.8 Å². The average Bonchev–Trinajstić information content (AvgIpc) is 2.76. The van der Waals surface area contributed by atoms with Gasteiger partial charge in [-0.1, -0.05) is 51.1 Å². The molecule has 3 unspecified atom stereocenters. The Labute approximate surface area is 218 Å². The third kappa shape index (κ3) is 4.75. The zero-order valence-electron chi connectivity index (χ0n) is 22.1. The summed E-state index contributed by atoms with van der Waals surface area (Å²) < 4.78 is 37.8. The highest BCUT2D eigenvalue weighted by Crippen LogP contribution is 2.51. The summed E-state index contributed by atoms with van der Waals surface area (Å²) in [6.45, 7) is 15.4. The van der Waals surface area contributed by atoms with Crippen LogP contribution in [0, 0.1) is 5.41 Å². The average molecular weight is 531 g/mol. The quantitative estimate of drug-likeness (QED) is 0.429. The molecular formula is C28H34O6S2. The van der Waals surface area contributed by atoms with Crippen molar-refractivity contribution in [2.75, 3.05) is 0 Å². The third-order valence-electron chi connectivity index (χ3n) is 6.29. The van der Waals surface area contributed by atoms with Crippen molar-refractivity contribution < 1.29 is 26.4 Å². The van der Waals surface area contributed by atoms with Crippen molar-refractivity contribution in [1.29, 1.82) is 0 Å². The van der Waals surface area contributed by atoms with Crippen molar-refractivity contribution in [2.24, 2.45) is 5.41 Å². The first-order chi connectivity index (χ1) is 16.5. The molecule has 0 heterocycles. The maximum Gasteiger partial charge on any atom is 0.233 e. The van der Waals surface area contributed by atoms with Gasteiger partial charge in [0.25, 0.3) is 0 Å². The fourth-order valence-corrected chi connectivity index (χ4v) is 6.86. The first-order valence-corrected chi connectivity index (χ1v) is 14.2. The summed E-state index contributed by atoms with van der Waals surface area (Å²) in [4.78, 5) is 26.0. The van der Waals surface area contributed by atoms with E-state index in [4.69, 9.17) is 8.37 Å². The molecule has 4 rings (SSSR count). The molecule has 6 nitrogen and oxygen atoms in total. The summed E-state index contributed by atoms with van der Waals surface area (Å²) in [7, 11) is 0. The standard InChI is InChI=1S/C28H34O6S2/c1-26(2,3)15-28(7,8)36(32)34-25-19-14-10-12-17-21(19)20-16(22(29)23(17)30)11-9-13-18(20)24(25)33-35(31)27(4,5)6/h9-11,13-14,24H,12,15H2,1-8H3. The smallest absolute Gasteiger partial charge is 0.233 e. The van der Waals surface area contributed by atoms with Gasteiger partial charge in [0.1, 0.15) is 0 Å². The summed E-state index contributed by atoms with van der Waals surface area (Å²) in [6.07, 6.45) is 3.61. The molecule has 36 heavy (non-hydrogen) atoms. The van der Waals surface area contributed by atoms with Gasteiger partial charge in [-0.2, -0.15) is 0 Å². The van der Waals surface area contributed by atoms with Gasteiger partial charge < -0.3 is 4.18 Å². The molecule has 0 saturated carbocycles. The highest BCUT2D eigenvalue weighted by molar-refractivity contribution is 7.82. The van der Waals surface area contributed by atoms with Crippen molar-refractivity contribution in [3.8, 4) is 0 Å². The van der Waals surface area contributed by atoms with Crippen LogP contribution in [0.2, 0.25) is 0 Å². The minimum Gasteiger partial charge on any atom is -0.401 e. The molecule has 0 aromatic heterocycles. The van der Waals surface area contributed by atoms with Crippen molar-refractivity contribution in [3.63, 3.8) is 0 Å². The lowest BCUT2D eigenvalue weighted by atomic mass is 9.71. The summed E-state index contributed by atoms with van der Waals surface area (Å²) in [5.74, 6) is -0.846. The van der Waals surface area contributed by atoms with Crippen LogP contribution >= 0.6 is 0 Å². The van der Waals surface area contributed by atoms with E-state index in [0.29, 0.717) is 46.3 Å². The van der Waals surface area contributed by atoms with E-state index in [9.17, 15) is 18.0 Å². The number of allylic oxidation sites excluding steroid dienone is 5. The Hall–Kier alpha value is -2.16. The Bertz CT molecular complexity index is 1300. The van der Waals surface area contributed by atoms with E-state index in [-0.39, 0.29) is 11.2 Å². The van der Waals surface area contributed by atoms with Crippen LogP contribution in [-0.2, 0) is 35.3 Å². The Morgan fingerprint density at radius 3 is 2.22 bits per heavy atom. The summed E-state index contributed by atoms with van der Waals surface area (Å²) >= 11 is -3.53. The van der Waals surface area contributed by atoms with Gasteiger partial charge in [-0.25, -0.2) is 8.42 Å². The number of hydrogen-bond donors (Lipinski definition) is 0. The molecule has 0 spiro atoms. The van der Waals surface area contributed by atoms with Crippen molar-refractivity contribution in [2.45, 2.75) is 83.8 Å². The van der Waals surface area contributed by atoms with Gasteiger partial charge in [-0.15, -0.1) is 0 Å². The zero-order valence-corrected chi connectivity index (χ0v) is 23.8. The fraction of sp³-hybridized carbons (Fsp3) is 0.500. The minimum atomic E-state index is -1.78. The molecule has 0 radical (unpaired) electrons. The predicted octanol–water partition coefficient (Wildman–Crippen LogP) is 5.85. The Balaban J connectivity index is 1.92. The topological polar surface area (TPSA) is 86.7 Å². The number of carbonyl (C=O) groups is 2. The zero-order chi connectivity index (χ0) is 26.8. The SMILES string of the molecule is CC(C)(C)CC(C)(C)S(=O)OC1=C2C=CCC3=C2c2c(cccc2C1OS(=O)C(C)(C)C)C(=O)C3=O. The number of carbonyl (C=O) groups excluding carboxylic acids is 2. The largest absolute Gasteiger partial charge is 0.401 e. The maximum atomic E-state index is 13.7. The lowest BCUT2D eigenvalue weighted by Crippen LogP contribution is -2.36. The first kappa shape index (κ1) is 26.9. The number of hydrogen-bond acceptors (Lipinski definition) is 6. The van der Waals surface area contributed by atoms with Crippen LogP contribution in [0.15, 0.2) is 47.3 Å². The van der Waals surface area contributed by atoms with E-state index in [1.165, 1.54) is 0 Å². The van der Waals surface area contributed by atoms with Crippen LogP contribution in [0.4, 0.5) is 0 Å². The first-order valence-electron chi connectivity index (χ1n) is 12.1. The molecule has 3 atom stereocenters. The second-order valence-electron chi connectivity index (χ2n) is 12.3. The molecular weight excluding hydrogens is 496 g/mol. The van der Waals surface area contributed by atoms with Gasteiger partial charge in [-0.05, 0) is 58.4 Å². The number of rotatable bonds is 6. The van der Waals surface area contributed by atoms with Crippen LogP contribution in [-0.4, -0.2) is 29.5 Å². The van der Waals surface area contributed by atoms with Crippen LogP contribution in [0.3, 0.4) is 0 Å². The molecule has 3 aliphatic rings.